The maximum absolute atomic E-state index is 12.2. The molecule has 2 N–H and O–H groups in total. The zero-order chi connectivity index (χ0) is 16.6. The van der Waals surface area contributed by atoms with E-state index in [2.05, 4.69) is 25.6 Å². The standard InChI is InChI=1S/C18H17N5O/c24-18(23-13-15-2-1-6-20-11-15)17-10-16(5-9-21-17)22-12-14-3-7-19-8-4-14/h1-11H,12-13H2,(H,21,22)(H,23,24). The number of hydrogen-bond acceptors (Lipinski definition) is 5. The number of anilines is 1. The molecule has 0 bridgehead atoms. The first kappa shape index (κ1) is 15.6. The van der Waals surface area contributed by atoms with E-state index in [-0.39, 0.29) is 5.91 Å². The van der Waals surface area contributed by atoms with Gasteiger partial charge in [-0.05, 0) is 41.5 Å². The van der Waals surface area contributed by atoms with E-state index in [1.54, 1.807) is 37.1 Å². The molecule has 1 amide bonds. The number of pyridine rings is 3. The summed E-state index contributed by atoms with van der Waals surface area (Å²) in [5.74, 6) is -0.216. The number of amides is 1. The predicted octanol–water partition coefficient (Wildman–Crippen LogP) is 2.41. The van der Waals surface area contributed by atoms with Crippen LogP contribution < -0.4 is 10.6 Å². The lowest BCUT2D eigenvalue weighted by Crippen LogP contribution is -2.23. The molecule has 0 fully saturated rings. The fourth-order valence-electron chi connectivity index (χ4n) is 2.15. The number of hydrogen-bond donors (Lipinski definition) is 2. The molecule has 0 aliphatic carbocycles. The molecule has 0 unspecified atom stereocenters. The Hall–Kier alpha value is -3.28. The van der Waals surface area contributed by atoms with Crippen LogP contribution in [0.4, 0.5) is 5.69 Å². The molecule has 3 heterocycles. The largest absolute Gasteiger partial charge is 0.381 e. The van der Waals surface area contributed by atoms with Gasteiger partial charge in [0.25, 0.3) is 5.91 Å². The van der Waals surface area contributed by atoms with Crippen molar-refractivity contribution in [3.05, 3.63) is 84.2 Å². The SMILES string of the molecule is O=C(NCc1cccnc1)c1cc(NCc2ccncc2)ccn1. The van der Waals surface area contributed by atoms with E-state index in [9.17, 15) is 4.79 Å². The summed E-state index contributed by atoms with van der Waals surface area (Å²) in [4.78, 5) is 24.4. The van der Waals surface area contributed by atoms with Crippen molar-refractivity contribution in [3.8, 4) is 0 Å². The third-order valence-electron chi connectivity index (χ3n) is 3.41. The van der Waals surface area contributed by atoms with Gasteiger partial charge in [-0.25, -0.2) is 0 Å². The van der Waals surface area contributed by atoms with Gasteiger partial charge in [0.1, 0.15) is 5.69 Å². The van der Waals surface area contributed by atoms with Crippen molar-refractivity contribution in [2.75, 3.05) is 5.32 Å². The van der Waals surface area contributed by atoms with Gasteiger partial charge in [-0.3, -0.25) is 19.7 Å². The highest BCUT2D eigenvalue weighted by Gasteiger charge is 2.07. The maximum atomic E-state index is 12.2. The van der Waals surface area contributed by atoms with Gasteiger partial charge in [0.05, 0.1) is 0 Å². The Kier molecular flexibility index (Phi) is 5.09. The smallest absolute Gasteiger partial charge is 0.270 e. The predicted molar refractivity (Wildman–Crippen MR) is 91.2 cm³/mol. The quantitative estimate of drug-likeness (QED) is 0.729. The highest BCUT2D eigenvalue weighted by Crippen LogP contribution is 2.10. The third-order valence-corrected chi connectivity index (χ3v) is 3.41. The average molecular weight is 319 g/mol. The molecule has 24 heavy (non-hydrogen) atoms. The summed E-state index contributed by atoms with van der Waals surface area (Å²) < 4.78 is 0. The molecular formula is C18H17N5O. The van der Waals surface area contributed by atoms with Crippen molar-refractivity contribution >= 4 is 11.6 Å². The summed E-state index contributed by atoms with van der Waals surface area (Å²) in [5.41, 5.74) is 3.27. The van der Waals surface area contributed by atoms with E-state index < -0.39 is 0 Å². The van der Waals surface area contributed by atoms with Crippen molar-refractivity contribution in [1.82, 2.24) is 20.3 Å². The van der Waals surface area contributed by atoms with Crippen LogP contribution in [0.15, 0.2) is 67.4 Å². The zero-order valence-corrected chi connectivity index (χ0v) is 13.0. The van der Waals surface area contributed by atoms with Crippen molar-refractivity contribution in [1.29, 1.82) is 0 Å². The van der Waals surface area contributed by atoms with Crippen LogP contribution in [0.2, 0.25) is 0 Å². The number of aromatic nitrogens is 3. The van der Waals surface area contributed by atoms with Crippen LogP contribution in [-0.4, -0.2) is 20.9 Å². The highest BCUT2D eigenvalue weighted by atomic mass is 16.1. The van der Waals surface area contributed by atoms with Gasteiger partial charge in [-0.2, -0.15) is 0 Å². The molecule has 3 aromatic rings. The van der Waals surface area contributed by atoms with Gasteiger partial charge in [0, 0.05) is 49.8 Å². The van der Waals surface area contributed by atoms with Gasteiger partial charge < -0.3 is 10.6 Å². The Labute approximate surface area is 140 Å². The minimum atomic E-state index is -0.216. The second-order valence-corrected chi connectivity index (χ2v) is 5.18. The van der Waals surface area contributed by atoms with Gasteiger partial charge in [0.15, 0.2) is 0 Å². The van der Waals surface area contributed by atoms with Crippen molar-refractivity contribution in [2.24, 2.45) is 0 Å². The van der Waals surface area contributed by atoms with Crippen molar-refractivity contribution < 1.29 is 4.79 Å². The Balaban J connectivity index is 1.59. The van der Waals surface area contributed by atoms with E-state index in [0.29, 0.717) is 18.8 Å². The van der Waals surface area contributed by atoms with Crippen LogP contribution in [0.5, 0.6) is 0 Å². The van der Waals surface area contributed by atoms with Gasteiger partial charge in [-0.15, -0.1) is 0 Å². The number of nitrogens with zero attached hydrogens (tertiary/aromatic N) is 3. The lowest BCUT2D eigenvalue weighted by molar-refractivity contribution is 0.0946. The van der Waals surface area contributed by atoms with Gasteiger partial charge >= 0.3 is 0 Å². The molecule has 6 nitrogen and oxygen atoms in total. The zero-order valence-electron chi connectivity index (χ0n) is 13.0. The van der Waals surface area contributed by atoms with Crippen LogP contribution >= 0.6 is 0 Å². The summed E-state index contributed by atoms with van der Waals surface area (Å²) in [6.45, 7) is 1.08. The lowest BCUT2D eigenvalue weighted by atomic mass is 10.2. The first-order valence-corrected chi connectivity index (χ1v) is 7.57. The first-order chi connectivity index (χ1) is 11.8. The average Bonchev–Trinajstić information content (AvgIpc) is 2.66. The van der Waals surface area contributed by atoms with Crippen LogP contribution in [0, 0.1) is 0 Å². The summed E-state index contributed by atoms with van der Waals surface area (Å²) in [6.07, 6.45) is 8.54. The van der Waals surface area contributed by atoms with Crippen LogP contribution in [0.25, 0.3) is 0 Å². The summed E-state index contributed by atoms with van der Waals surface area (Å²) in [7, 11) is 0. The van der Waals surface area contributed by atoms with Gasteiger partial charge in [-0.1, -0.05) is 6.07 Å². The molecular weight excluding hydrogens is 302 g/mol. The van der Waals surface area contributed by atoms with E-state index in [1.165, 1.54) is 0 Å². The van der Waals surface area contributed by atoms with Gasteiger partial charge in [0.2, 0.25) is 0 Å². The number of rotatable bonds is 6. The number of nitrogens with one attached hydrogen (secondary N) is 2. The van der Waals surface area contributed by atoms with Crippen molar-refractivity contribution in [2.45, 2.75) is 13.1 Å². The lowest BCUT2D eigenvalue weighted by Gasteiger charge is -2.08. The number of carbonyl (C=O) groups excluding carboxylic acids is 1. The highest BCUT2D eigenvalue weighted by molar-refractivity contribution is 5.93. The third kappa shape index (κ3) is 4.36. The molecule has 0 spiro atoms. The molecule has 0 saturated carbocycles. The minimum Gasteiger partial charge on any atom is -0.381 e. The molecule has 0 radical (unpaired) electrons. The summed E-state index contributed by atoms with van der Waals surface area (Å²) in [5, 5.41) is 6.11. The molecule has 120 valence electrons. The summed E-state index contributed by atoms with van der Waals surface area (Å²) >= 11 is 0. The normalized spacial score (nSPS) is 10.2. The first-order valence-electron chi connectivity index (χ1n) is 7.57. The topological polar surface area (TPSA) is 79.8 Å². The molecule has 6 heteroatoms. The summed E-state index contributed by atoms with van der Waals surface area (Å²) in [6, 6.07) is 11.2. The van der Waals surface area contributed by atoms with Crippen molar-refractivity contribution in [3.63, 3.8) is 0 Å². The van der Waals surface area contributed by atoms with E-state index >= 15 is 0 Å². The molecule has 3 aromatic heterocycles. The molecule has 0 aliphatic rings. The maximum Gasteiger partial charge on any atom is 0.270 e. The van der Waals surface area contributed by atoms with Crippen LogP contribution in [0.1, 0.15) is 21.6 Å². The van der Waals surface area contributed by atoms with E-state index in [4.69, 9.17) is 0 Å². The Morgan fingerprint density at radius 3 is 2.58 bits per heavy atom. The molecule has 0 aliphatic heterocycles. The Morgan fingerprint density at radius 2 is 1.79 bits per heavy atom. The van der Waals surface area contributed by atoms with E-state index in [0.717, 1.165) is 16.8 Å². The monoisotopic (exact) mass is 319 g/mol. The molecule has 3 rings (SSSR count). The molecule has 0 atom stereocenters. The molecule has 0 aromatic carbocycles. The van der Waals surface area contributed by atoms with Crippen LogP contribution in [0.3, 0.4) is 0 Å². The minimum absolute atomic E-state index is 0.216. The molecule has 0 saturated heterocycles. The second-order valence-electron chi connectivity index (χ2n) is 5.18. The Morgan fingerprint density at radius 1 is 0.917 bits per heavy atom. The Bertz CT molecular complexity index is 793. The second kappa shape index (κ2) is 7.82. The fraction of sp³-hybridized carbons (Fsp3) is 0.111. The fourth-order valence-corrected chi connectivity index (χ4v) is 2.15. The van der Waals surface area contributed by atoms with Crippen LogP contribution in [-0.2, 0) is 13.1 Å². The number of carbonyl (C=O) groups is 1. The van der Waals surface area contributed by atoms with E-state index in [1.807, 2.05) is 30.3 Å².